The molecule has 1 aliphatic carbocycles. The molecule has 1 aromatic heterocycles. The predicted octanol–water partition coefficient (Wildman–Crippen LogP) is 2.96. The van der Waals surface area contributed by atoms with Crippen molar-refractivity contribution in [2.75, 3.05) is 25.1 Å². The van der Waals surface area contributed by atoms with Crippen LogP contribution in [0.2, 0.25) is 0 Å². The van der Waals surface area contributed by atoms with E-state index >= 15 is 0 Å². The fraction of sp³-hybridized carbons (Fsp3) is 0.474. The van der Waals surface area contributed by atoms with Gasteiger partial charge in [0.2, 0.25) is 0 Å². The van der Waals surface area contributed by atoms with Crippen molar-refractivity contribution in [2.24, 2.45) is 5.92 Å². The van der Waals surface area contributed by atoms with Crippen molar-refractivity contribution in [3.05, 3.63) is 48.3 Å². The van der Waals surface area contributed by atoms with E-state index in [9.17, 15) is 4.79 Å². The number of ether oxygens (including phenoxy) is 1. The molecular weight excluding hydrogens is 316 g/mol. The molecule has 2 fully saturated rings. The highest BCUT2D eigenvalue weighted by Gasteiger charge is 2.34. The van der Waals surface area contributed by atoms with Crippen LogP contribution in [0.1, 0.15) is 24.8 Å². The highest BCUT2D eigenvalue weighted by Crippen LogP contribution is 2.29. The van der Waals surface area contributed by atoms with Crippen molar-refractivity contribution in [1.29, 1.82) is 0 Å². The summed E-state index contributed by atoms with van der Waals surface area (Å²) in [4.78, 5) is 14.7. The van der Waals surface area contributed by atoms with Gasteiger partial charge in [-0.1, -0.05) is 12.1 Å². The predicted molar refractivity (Wildman–Crippen MR) is 95.4 cm³/mol. The number of amides is 2. The Kier molecular flexibility index (Phi) is 4.70. The van der Waals surface area contributed by atoms with E-state index in [4.69, 9.17) is 4.74 Å². The van der Waals surface area contributed by atoms with Gasteiger partial charge in [-0.3, -0.25) is 4.68 Å². The van der Waals surface area contributed by atoms with E-state index in [1.807, 2.05) is 46.1 Å². The Labute approximate surface area is 147 Å². The maximum Gasteiger partial charge on any atom is 0.322 e. The summed E-state index contributed by atoms with van der Waals surface area (Å²) in [6, 6.07) is 10.3. The molecule has 6 heteroatoms. The van der Waals surface area contributed by atoms with Crippen molar-refractivity contribution in [1.82, 2.24) is 14.7 Å². The third kappa shape index (κ3) is 4.20. The summed E-state index contributed by atoms with van der Waals surface area (Å²) in [7, 11) is 0. The topological polar surface area (TPSA) is 59.4 Å². The minimum atomic E-state index is 0.00854. The number of urea groups is 1. The zero-order chi connectivity index (χ0) is 17.1. The fourth-order valence-electron chi connectivity index (χ4n) is 3.26. The molecular formula is C19H24N4O2. The van der Waals surface area contributed by atoms with E-state index in [1.54, 1.807) is 6.20 Å². The van der Waals surface area contributed by atoms with Gasteiger partial charge in [0.25, 0.3) is 0 Å². The second-order valence-electron chi connectivity index (χ2n) is 6.94. The normalized spacial score (nSPS) is 19.8. The van der Waals surface area contributed by atoms with Gasteiger partial charge in [-0.25, -0.2) is 4.79 Å². The quantitative estimate of drug-likeness (QED) is 0.879. The number of nitrogens with zero attached hydrogens (tertiary/aromatic N) is 3. The zero-order valence-electron chi connectivity index (χ0n) is 14.3. The molecule has 1 unspecified atom stereocenters. The monoisotopic (exact) mass is 340 g/mol. The summed E-state index contributed by atoms with van der Waals surface area (Å²) in [5.41, 5.74) is 1.99. The first-order valence-corrected chi connectivity index (χ1v) is 8.99. The Hall–Kier alpha value is -2.34. The fourth-order valence-corrected chi connectivity index (χ4v) is 3.26. The first-order valence-electron chi connectivity index (χ1n) is 8.99. The summed E-state index contributed by atoms with van der Waals surface area (Å²) in [5.74, 6) is 0.475. The first kappa shape index (κ1) is 16.1. The van der Waals surface area contributed by atoms with Gasteiger partial charge in [0.05, 0.1) is 13.2 Å². The lowest BCUT2D eigenvalue weighted by molar-refractivity contribution is 0.167. The number of rotatable bonds is 6. The number of benzene rings is 1. The van der Waals surface area contributed by atoms with Gasteiger partial charge in [0.15, 0.2) is 0 Å². The molecule has 25 heavy (non-hydrogen) atoms. The number of carbonyl (C=O) groups excluding carboxylic acids is 1. The Morgan fingerprint density at radius 1 is 1.28 bits per heavy atom. The summed E-state index contributed by atoms with van der Waals surface area (Å²) < 4.78 is 7.33. The van der Waals surface area contributed by atoms with Gasteiger partial charge in [0.1, 0.15) is 0 Å². The SMILES string of the molecule is O=C(Nc1ccc(Cn2cccn2)cc1)N(CC1CCOC1)C1CC1. The molecule has 6 nitrogen and oxygen atoms in total. The minimum absolute atomic E-state index is 0.00854. The van der Waals surface area contributed by atoms with E-state index < -0.39 is 0 Å². The van der Waals surface area contributed by atoms with Gasteiger partial charge in [0, 0.05) is 43.2 Å². The van der Waals surface area contributed by atoms with Gasteiger partial charge in [-0.2, -0.15) is 5.10 Å². The van der Waals surface area contributed by atoms with Crippen molar-refractivity contribution < 1.29 is 9.53 Å². The lowest BCUT2D eigenvalue weighted by atomic mass is 10.1. The van der Waals surface area contributed by atoms with E-state index in [0.717, 1.165) is 56.8 Å². The van der Waals surface area contributed by atoms with E-state index in [-0.39, 0.29) is 6.03 Å². The van der Waals surface area contributed by atoms with Gasteiger partial charge < -0.3 is 15.0 Å². The van der Waals surface area contributed by atoms with Crippen molar-refractivity contribution in [2.45, 2.75) is 31.8 Å². The van der Waals surface area contributed by atoms with Gasteiger partial charge in [-0.05, 0) is 43.0 Å². The molecule has 1 aliphatic heterocycles. The van der Waals surface area contributed by atoms with Crippen molar-refractivity contribution in [3.8, 4) is 0 Å². The molecule has 2 heterocycles. The smallest absolute Gasteiger partial charge is 0.322 e. The molecule has 1 saturated carbocycles. The van der Waals surface area contributed by atoms with Crippen LogP contribution in [0.3, 0.4) is 0 Å². The molecule has 0 spiro atoms. The summed E-state index contributed by atoms with van der Waals surface area (Å²) in [6.07, 6.45) is 7.00. The number of nitrogens with one attached hydrogen (secondary N) is 1. The Bertz CT molecular complexity index is 689. The number of hydrogen-bond donors (Lipinski definition) is 1. The highest BCUT2D eigenvalue weighted by atomic mass is 16.5. The molecule has 1 aromatic carbocycles. The Morgan fingerprint density at radius 2 is 2.12 bits per heavy atom. The number of hydrogen-bond acceptors (Lipinski definition) is 3. The van der Waals surface area contributed by atoms with Crippen LogP contribution >= 0.6 is 0 Å². The van der Waals surface area contributed by atoms with Crippen LogP contribution in [0.4, 0.5) is 10.5 Å². The average molecular weight is 340 g/mol. The lowest BCUT2D eigenvalue weighted by Gasteiger charge is -2.25. The Morgan fingerprint density at radius 3 is 2.76 bits per heavy atom. The molecule has 0 radical (unpaired) electrons. The Balaban J connectivity index is 1.35. The number of carbonyl (C=O) groups is 1. The molecule has 1 atom stereocenters. The standard InChI is InChI=1S/C19H24N4O2/c24-19(23(18-6-7-18)13-16-8-11-25-14-16)21-17-4-2-15(3-5-17)12-22-10-1-9-20-22/h1-5,9-10,16,18H,6-8,11-14H2,(H,21,24). The maximum atomic E-state index is 12.7. The third-order valence-electron chi connectivity index (χ3n) is 4.84. The molecule has 0 bridgehead atoms. The highest BCUT2D eigenvalue weighted by molar-refractivity contribution is 5.89. The second-order valence-corrected chi connectivity index (χ2v) is 6.94. The molecule has 1 N–H and O–H groups in total. The van der Waals surface area contributed by atoms with Crippen LogP contribution in [0.25, 0.3) is 0 Å². The molecule has 1 saturated heterocycles. The average Bonchev–Trinajstić information content (AvgIpc) is 3.09. The van der Waals surface area contributed by atoms with Gasteiger partial charge >= 0.3 is 6.03 Å². The largest absolute Gasteiger partial charge is 0.381 e. The van der Waals surface area contributed by atoms with Crippen molar-refractivity contribution >= 4 is 11.7 Å². The maximum absolute atomic E-state index is 12.7. The van der Waals surface area contributed by atoms with Crippen LogP contribution < -0.4 is 5.32 Å². The molecule has 132 valence electrons. The zero-order valence-corrected chi connectivity index (χ0v) is 14.3. The lowest BCUT2D eigenvalue weighted by Crippen LogP contribution is -2.40. The van der Waals surface area contributed by atoms with Crippen LogP contribution in [0.15, 0.2) is 42.7 Å². The molecule has 2 aliphatic rings. The van der Waals surface area contributed by atoms with Crippen LogP contribution in [-0.2, 0) is 11.3 Å². The third-order valence-corrected chi connectivity index (χ3v) is 4.84. The number of aromatic nitrogens is 2. The van der Waals surface area contributed by atoms with E-state index in [0.29, 0.717) is 12.0 Å². The minimum Gasteiger partial charge on any atom is -0.381 e. The van der Waals surface area contributed by atoms with E-state index in [1.165, 1.54) is 0 Å². The van der Waals surface area contributed by atoms with E-state index in [2.05, 4.69) is 10.4 Å². The van der Waals surface area contributed by atoms with Crippen LogP contribution in [0, 0.1) is 5.92 Å². The van der Waals surface area contributed by atoms with Crippen LogP contribution in [0.5, 0.6) is 0 Å². The van der Waals surface area contributed by atoms with Gasteiger partial charge in [-0.15, -0.1) is 0 Å². The van der Waals surface area contributed by atoms with Crippen LogP contribution in [-0.4, -0.2) is 46.5 Å². The first-order chi connectivity index (χ1) is 12.3. The molecule has 4 rings (SSSR count). The summed E-state index contributed by atoms with van der Waals surface area (Å²) in [6.45, 7) is 3.13. The summed E-state index contributed by atoms with van der Waals surface area (Å²) in [5, 5.41) is 7.26. The molecule has 2 amide bonds. The summed E-state index contributed by atoms with van der Waals surface area (Å²) >= 11 is 0. The molecule has 2 aromatic rings. The van der Waals surface area contributed by atoms with Crippen molar-refractivity contribution in [3.63, 3.8) is 0 Å². The second kappa shape index (κ2) is 7.27. The number of anilines is 1.